The summed E-state index contributed by atoms with van der Waals surface area (Å²) < 4.78 is 2.42. The lowest BCUT2D eigenvalue weighted by Gasteiger charge is -2.61. The molecular weight excluding hydrogens is 677 g/mol. The molecule has 1 aromatic heterocycles. The molecule has 0 saturated heterocycles. The average molecular weight is 719 g/mol. The second-order valence-corrected chi connectivity index (χ2v) is 17.3. The lowest BCUT2D eigenvalue weighted by Crippen LogP contribution is -2.55. The Morgan fingerprint density at radius 1 is 0.446 bits per heavy atom. The number of aromatic nitrogens is 1. The highest BCUT2D eigenvalue weighted by atomic mass is 15.1. The van der Waals surface area contributed by atoms with Gasteiger partial charge in [0.1, 0.15) is 0 Å². The van der Waals surface area contributed by atoms with Gasteiger partial charge in [-0.05, 0) is 149 Å². The minimum absolute atomic E-state index is 0.115. The molecule has 268 valence electrons. The Morgan fingerprint density at radius 2 is 1.04 bits per heavy atom. The predicted molar refractivity (Wildman–Crippen MR) is 234 cm³/mol. The summed E-state index contributed by atoms with van der Waals surface area (Å²) in [5.74, 6) is 3.29. The first-order valence-corrected chi connectivity index (χ1v) is 20.8. The van der Waals surface area contributed by atoms with Crippen LogP contribution in [0.15, 0.2) is 170 Å². The molecule has 14 rings (SSSR count). The third-order valence-electron chi connectivity index (χ3n) is 14.7. The number of rotatable bonds is 4. The van der Waals surface area contributed by atoms with Crippen LogP contribution in [0, 0.1) is 23.7 Å². The summed E-state index contributed by atoms with van der Waals surface area (Å²) in [6.07, 6.45) is 7.01. The van der Waals surface area contributed by atoms with Gasteiger partial charge in [0.2, 0.25) is 0 Å². The van der Waals surface area contributed by atoms with Crippen LogP contribution < -0.4 is 4.90 Å². The SMILES string of the molecule is c1ccc2c(c1)-c1c(N(c3ccc(-n4c5ccccc5c5ccccc54)cc3)c3ccc4c(ccc5ccccc54)c3)cccc1C21C2CC3CC(C2)CC1C3. The van der Waals surface area contributed by atoms with E-state index in [1.54, 1.807) is 11.1 Å². The number of para-hydroxylation sites is 2. The molecule has 5 aliphatic carbocycles. The largest absolute Gasteiger partial charge is 0.310 e. The standard InChI is InChI=1S/C54H42N2/c1-2-11-43-36(10-1)20-21-37-33-42(26-27-44(37)43)55(40-22-24-41(25-23-40)56-50-17-7-4-12-45(50)46-13-5-8-18-51(46)56)52-19-9-16-49-53(52)47-14-3-6-15-48(47)54(49)38-29-34-28-35(31-38)32-39(54)30-34/h1-27,33-35,38-39H,28-32H2. The normalized spacial score (nSPS) is 23.1. The fourth-order valence-corrected chi connectivity index (χ4v) is 12.9. The van der Waals surface area contributed by atoms with Crippen LogP contribution in [0.5, 0.6) is 0 Å². The maximum Gasteiger partial charge on any atom is 0.0543 e. The van der Waals surface area contributed by atoms with Crippen molar-refractivity contribution in [2.24, 2.45) is 23.7 Å². The summed E-state index contributed by atoms with van der Waals surface area (Å²) in [5, 5.41) is 7.72. The number of benzene rings is 8. The van der Waals surface area contributed by atoms with E-state index >= 15 is 0 Å². The Hall–Kier alpha value is -6.12. The summed E-state index contributed by atoms with van der Waals surface area (Å²) in [6.45, 7) is 0. The van der Waals surface area contributed by atoms with Crippen LogP contribution >= 0.6 is 0 Å². The molecule has 4 saturated carbocycles. The van der Waals surface area contributed by atoms with E-state index in [4.69, 9.17) is 0 Å². The van der Waals surface area contributed by atoms with Crippen LogP contribution in [0.1, 0.15) is 43.2 Å². The molecule has 4 bridgehead atoms. The molecule has 0 atom stereocenters. The van der Waals surface area contributed by atoms with Gasteiger partial charge in [0.15, 0.2) is 0 Å². The minimum atomic E-state index is 0.115. The van der Waals surface area contributed by atoms with E-state index in [0.717, 1.165) is 23.7 Å². The van der Waals surface area contributed by atoms with E-state index in [2.05, 4.69) is 179 Å². The topological polar surface area (TPSA) is 8.17 Å². The second kappa shape index (κ2) is 11.5. The summed E-state index contributed by atoms with van der Waals surface area (Å²) in [6, 6.07) is 64.3. The minimum Gasteiger partial charge on any atom is -0.310 e. The Labute approximate surface area is 327 Å². The third-order valence-corrected chi connectivity index (χ3v) is 14.7. The first-order valence-electron chi connectivity index (χ1n) is 20.8. The summed E-state index contributed by atoms with van der Waals surface area (Å²) in [4.78, 5) is 2.56. The summed E-state index contributed by atoms with van der Waals surface area (Å²) in [5.41, 5.74) is 13.5. The van der Waals surface area contributed by atoms with Crippen LogP contribution in [-0.4, -0.2) is 4.57 Å². The van der Waals surface area contributed by atoms with Gasteiger partial charge in [0, 0.05) is 38.8 Å². The van der Waals surface area contributed by atoms with E-state index in [9.17, 15) is 0 Å². The molecule has 1 heterocycles. The first kappa shape index (κ1) is 31.1. The van der Waals surface area contributed by atoms with Crippen molar-refractivity contribution in [3.05, 3.63) is 181 Å². The van der Waals surface area contributed by atoms with Crippen LogP contribution in [0.2, 0.25) is 0 Å². The molecule has 9 aromatic rings. The molecule has 56 heavy (non-hydrogen) atoms. The maximum absolute atomic E-state index is 2.56. The lowest BCUT2D eigenvalue weighted by atomic mass is 9.43. The van der Waals surface area contributed by atoms with Crippen LogP contribution in [0.3, 0.4) is 0 Å². The molecule has 5 aliphatic rings. The summed E-state index contributed by atoms with van der Waals surface area (Å²) in [7, 11) is 0. The molecule has 0 amide bonds. The maximum atomic E-state index is 2.56. The van der Waals surface area contributed by atoms with Gasteiger partial charge in [-0.25, -0.2) is 0 Å². The highest BCUT2D eigenvalue weighted by Gasteiger charge is 2.61. The highest BCUT2D eigenvalue weighted by Crippen LogP contribution is 2.70. The van der Waals surface area contributed by atoms with Crippen molar-refractivity contribution in [2.45, 2.75) is 37.5 Å². The average Bonchev–Trinajstić information content (AvgIpc) is 3.74. The first-order chi connectivity index (χ1) is 27.7. The molecule has 4 fully saturated rings. The summed E-state index contributed by atoms with van der Waals surface area (Å²) >= 11 is 0. The fraction of sp³-hybridized carbons (Fsp3) is 0.185. The van der Waals surface area contributed by atoms with Gasteiger partial charge < -0.3 is 9.47 Å². The number of hydrogen-bond donors (Lipinski definition) is 0. The van der Waals surface area contributed by atoms with Crippen molar-refractivity contribution >= 4 is 60.4 Å². The number of nitrogens with zero attached hydrogens (tertiary/aromatic N) is 2. The third kappa shape index (κ3) is 4.12. The molecule has 2 heteroatoms. The van der Waals surface area contributed by atoms with Gasteiger partial charge in [-0.15, -0.1) is 0 Å². The number of hydrogen-bond acceptors (Lipinski definition) is 1. The quantitative estimate of drug-likeness (QED) is 0.165. The number of anilines is 3. The molecular formula is C54H42N2. The molecule has 0 aliphatic heterocycles. The Balaban J connectivity index is 1.04. The van der Waals surface area contributed by atoms with E-state index in [1.165, 1.54) is 109 Å². The van der Waals surface area contributed by atoms with E-state index < -0.39 is 0 Å². The Kier molecular flexibility index (Phi) is 6.37. The van der Waals surface area contributed by atoms with Gasteiger partial charge in [0.25, 0.3) is 0 Å². The zero-order valence-corrected chi connectivity index (χ0v) is 31.4. The monoisotopic (exact) mass is 718 g/mol. The van der Waals surface area contributed by atoms with Gasteiger partial charge in [-0.2, -0.15) is 0 Å². The zero-order valence-electron chi connectivity index (χ0n) is 31.4. The van der Waals surface area contributed by atoms with Gasteiger partial charge in [-0.1, -0.05) is 115 Å². The zero-order chi connectivity index (χ0) is 36.5. The Morgan fingerprint density at radius 3 is 1.79 bits per heavy atom. The van der Waals surface area contributed by atoms with E-state index in [0.29, 0.717) is 0 Å². The van der Waals surface area contributed by atoms with Crippen LogP contribution in [-0.2, 0) is 5.41 Å². The van der Waals surface area contributed by atoms with Crippen molar-refractivity contribution in [3.8, 4) is 16.8 Å². The van der Waals surface area contributed by atoms with Crippen LogP contribution in [0.25, 0.3) is 60.2 Å². The molecule has 1 spiro atoms. The molecule has 8 aromatic carbocycles. The predicted octanol–water partition coefficient (Wildman–Crippen LogP) is 14.3. The van der Waals surface area contributed by atoms with Gasteiger partial charge >= 0.3 is 0 Å². The van der Waals surface area contributed by atoms with Gasteiger partial charge in [0.05, 0.1) is 16.7 Å². The van der Waals surface area contributed by atoms with E-state index in [-0.39, 0.29) is 5.41 Å². The van der Waals surface area contributed by atoms with Gasteiger partial charge in [-0.3, -0.25) is 0 Å². The lowest BCUT2D eigenvalue weighted by molar-refractivity contribution is -0.0399. The fourth-order valence-electron chi connectivity index (χ4n) is 12.9. The van der Waals surface area contributed by atoms with E-state index in [1.807, 2.05) is 0 Å². The Bertz CT molecular complexity index is 2970. The van der Waals surface area contributed by atoms with Crippen molar-refractivity contribution in [1.82, 2.24) is 4.57 Å². The molecule has 2 nitrogen and oxygen atoms in total. The second-order valence-electron chi connectivity index (χ2n) is 17.3. The molecule has 0 N–H and O–H groups in total. The van der Waals surface area contributed by atoms with Crippen molar-refractivity contribution in [3.63, 3.8) is 0 Å². The van der Waals surface area contributed by atoms with Crippen molar-refractivity contribution in [2.75, 3.05) is 4.90 Å². The molecule has 0 radical (unpaired) electrons. The van der Waals surface area contributed by atoms with Crippen molar-refractivity contribution in [1.29, 1.82) is 0 Å². The molecule has 0 unspecified atom stereocenters. The smallest absolute Gasteiger partial charge is 0.0543 e. The number of fused-ring (bicyclic) bond motifs is 9. The van der Waals surface area contributed by atoms with Crippen molar-refractivity contribution < 1.29 is 0 Å². The van der Waals surface area contributed by atoms with Crippen LogP contribution in [0.4, 0.5) is 17.1 Å². The highest BCUT2D eigenvalue weighted by molar-refractivity contribution is 6.10.